The number of amides is 1. The van der Waals surface area contributed by atoms with E-state index < -0.39 is 5.60 Å². The van der Waals surface area contributed by atoms with Crippen LogP contribution in [0.4, 0.5) is 22.4 Å². The van der Waals surface area contributed by atoms with Crippen molar-refractivity contribution >= 4 is 34.7 Å². The molecule has 1 aromatic carbocycles. The van der Waals surface area contributed by atoms with E-state index in [1.54, 1.807) is 11.2 Å². The van der Waals surface area contributed by atoms with Crippen molar-refractivity contribution in [2.45, 2.75) is 39.3 Å². The molecule has 1 aliphatic heterocycles. The molecule has 11 heteroatoms. The third kappa shape index (κ3) is 6.31. The predicted molar refractivity (Wildman–Crippen MR) is 157 cm³/mol. The Morgan fingerprint density at radius 3 is 2.55 bits per heavy atom. The highest BCUT2D eigenvalue weighted by molar-refractivity contribution is 5.83. The summed E-state index contributed by atoms with van der Waals surface area (Å²) in [5.74, 6) is 2.18. The van der Waals surface area contributed by atoms with Crippen molar-refractivity contribution in [1.82, 2.24) is 34.7 Å². The molecule has 0 spiro atoms. The average Bonchev–Trinajstić information content (AvgIpc) is 3.33. The number of carbonyl (C=O) groups excluding carboxylic acids is 1. The van der Waals surface area contributed by atoms with E-state index in [9.17, 15) is 4.79 Å². The number of aromatic nitrogens is 5. The van der Waals surface area contributed by atoms with E-state index in [0.717, 1.165) is 46.8 Å². The maximum atomic E-state index is 12.4. The zero-order valence-electron chi connectivity index (χ0n) is 24.0. The summed E-state index contributed by atoms with van der Waals surface area (Å²) in [4.78, 5) is 39.8. The Kier molecular flexibility index (Phi) is 7.57. The van der Waals surface area contributed by atoms with Crippen molar-refractivity contribution in [3.63, 3.8) is 0 Å². The summed E-state index contributed by atoms with van der Waals surface area (Å²) in [6, 6.07) is 12.2. The highest BCUT2D eigenvalue weighted by Crippen LogP contribution is 2.27. The van der Waals surface area contributed by atoms with Crippen molar-refractivity contribution in [2.75, 3.05) is 50.5 Å². The van der Waals surface area contributed by atoms with E-state index in [0.29, 0.717) is 24.9 Å². The molecule has 0 bridgehead atoms. The first-order chi connectivity index (χ1) is 19.1. The number of fused-ring (bicyclic) bond motifs is 1. The number of aromatic amines is 1. The number of ether oxygens (including phenoxy) is 1. The summed E-state index contributed by atoms with van der Waals surface area (Å²) in [7, 11) is 3.91. The summed E-state index contributed by atoms with van der Waals surface area (Å²) < 4.78 is 5.53. The number of carbonyl (C=O) groups is 1. The number of benzene rings is 1. The Morgan fingerprint density at radius 1 is 1.05 bits per heavy atom. The molecule has 5 rings (SSSR count). The normalized spacial score (nSPS) is 15.2. The van der Waals surface area contributed by atoms with E-state index >= 15 is 0 Å². The molecule has 1 atom stereocenters. The monoisotopic (exact) mass is 543 g/mol. The van der Waals surface area contributed by atoms with Crippen LogP contribution >= 0.6 is 0 Å². The first kappa shape index (κ1) is 27.3. The maximum absolute atomic E-state index is 12.4. The van der Waals surface area contributed by atoms with Crippen molar-refractivity contribution in [3.8, 4) is 11.3 Å². The number of hydrogen-bond donors (Lipinski definition) is 2. The molecular weight excluding hydrogens is 506 g/mol. The van der Waals surface area contributed by atoms with Gasteiger partial charge in [-0.1, -0.05) is 6.07 Å². The van der Waals surface area contributed by atoms with Gasteiger partial charge in [0.2, 0.25) is 5.95 Å². The molecule has 1 amide bonds. The highest BCUT2D eigenvalue weighted by atomic mass is 16.6. The number of imidazole rings is 1. The maximum Gasteiger partial charge on any atom is 0.410 e. The van der Waals surface area contributed by atoms with Crippen LogP contribution in [-0.4, -0.2) is 86.7 Å². The number of nitrogens with one attached hydrogen (secondary N) is 2. The minimum Gasteiger partial charge on any atom is -0.444 e. The van der Waals surface area contributed by atoms with Gasteiger partial charge in [-0.15, -0.1) is 0 Å². The van der Waals surface area contributed by atoms with Crippen LogP contribution in [0.1, 0.15) is 39.3 Å². The lowest BCUT2D eigenvalue weighted by Gasteiger charge is -2.38. The van der Waals surface area contributed by atoms with Gasteiger partial charge in [-0.05, 0) is 57.5 Å². The van der Waals surface area contributed by atoms with Crippen molar-refractivity contribution in [1.29, 1.82) is 0 Å². The number of anilines is 3. The molecule has 3 aromatic heterocycles. The molecule has 0 radical (unpaired) electrons. The standard InChI is InChI=1S/C29H37N9O2/c1-19(37-11-13-38(14-12-37)28(39)40-29(2,3)4)20-9-10-30-25(16-20)35-27-33-22-8-7-21(15-24(22)34-27)23-17-26(36(5)6)32-18-31-23/h7-10,15-19H,11-14H2,1-6H3,(H2,30,33,34,35). The topological polar surface area (TPSA) is 115 Å². The zero-order valence-corrected chi connectivity index (χ0v) is 24.0. The van der Waals surface area contributed by atoms with Gasteiger partial charge in [0.15, 0.2) is 0 Å². The number of nitrogens with zero attached hydrogens (tertiary/aromatic N) is 7. The second kappa shape index (κ2) is 11.1. The van der Waals surface area contributed by atoms with Gasteiger partial charge >= 0.3 is 6.09 Å². The fraction of sp³-hybridized carbons (Fsp3) is 0.414. The van der Waals surface area contributed by atoms with Gasteiger partial charge in [0.1, 0.15) is 23.6 Å². The molecule has 4 aromatic rings. The number of H-pyrrole nitrogens is 1. The molecule has 1 saturated heterocycles. The molecule has 40 heavy (non-hydrogen) atoms. The summed E-state index contributed by atoms with van der Waals surface area (Å²) in [6.07, 6.45) is 3.14. The van der Waals surface area contributed by atoms with Crippen LogP contribution in [0.5, 0.6) is 0 Å². The molecular formula is C29H37N9O2. The minimum absolute atomic E-state index is 0.169. The fourth-order valence-electron chi connectivity index (χ4n) is 4.70. The molecule has 2 N–H and O–H groups in total. The van der Waals surface area contributed by atoms with Crippen LogP contribution in [0.15, 0.2) is 48.9 Å². The smallest absolute Gasteiger partial charge is 0.410 e. The highest BCUT2D eigenvalue weighted by Gasteiger charge is 2.28. The first-order valence-electron chi connectivity index (χ1n) is 13.5. The summed E-state index contributed by atoms with van der Waals surface area (Å²) in [6.45, 7) is 10.7. The lowest BCUT2D eigenvalue weighted by Crippen LogP contribution is -2.50. The van der Waals surface area contributed by atoms with Gasteiger partial charge in [0.05, 0.1) is 16.7 Å². The number of rotatable bonds is 6. The molecule has 11 nitrogen and oxygen atoms in total. The molecule has 1 unspecified atom stereocenters. The molecule has 210 valence electrons. The van der Waals surface area contributed by atoms with E-state index in [-0.39, 0.29) is 12.1 Å². The summed E-state index contributed by atoms with van der Waals surface area (Å²) in [5, 5.41) is 3.32. The van der Waals surface area contributed by atoms with Crippen molar-refractivity contribution < 1.29 is 9.53 Å². The molecule has 4 heterocycles. The molecule has 0 aliphatic carbocycles. The second-order valence-corrected chi connectivity index (χ2v) is 11.3. The zero-order chi connectivity index (χ0) is 28.4. The van der Waals surface area contributed by atoms with E-state index in [1.807, 2.05) is 82.4 Å². The Balaban J connectivity index is 1.25. The number of piperazine rings is 1. The van der Waals surface area contributed by atoms with Crippen molar-refractivity contribution in [3.05, 3.63) is 54.5 Å². The second-order valence-electron chi connectivity index (χ2n) is 11.3. The quantitative estimate of drug-likeness (QED) is 0.352. The van der Waals surface area contributed by atoms with Gasteiger partial charge in [-0.2, -0.15) is 0 Å². The number of hydrogen-bond acceptors (Lipinski definition) is 9. The van der Waals surface area contributed by atoms with Crippen molar-refractivity contribution in [2.24, 2.45) is 0 Å². The predicted octanol–water partition coefficient (Wildman–Crippen LogP) is 4.84. The van der Waals surface area contributed by atoms with Crippen LogP contribution in [-0.2, 0) is 4.74 Å². The van der Waals surface area contributed by atoms with E-state index in [4.69, 9.17) is 9.72 Å². The van der Waals surface area contributed by atoms with Gasteiger partial charge in [0, 0.05) is 64.1 Å². The SMILES string of the molecule is CC(c1ccnc(Nc2nc3ccc(-c4cc(N(C)C)ncn4)cc3[nH]2)c1)N1CCN(C(=O)OC(C)(C)C)CC1. The fourth-order valence-corrected chi connectivity index (χ4v) is 4.70. The number of pyridine rings is 1. The van der Waals surface area contributed by atoms with E-state index in [2.05, 4.69) is 37.1 Å². The van der Waals surface area contributed by atoms with Crippen LogP contribution in [0.3, 0.4) is 0 Å². The van der Waals surface area contributed by atoms with E-state index in [1.165, 1.54) is 0 Å². The molecule has 1 aliphatic rings. The third-order valence-electron chi connectivity index (χ3n) is 6.92. The molecule has 1 fully saturated rings. The van der Waals surface area contributed by atoms with Crippen LogP contribution < -0.4 is 10.2 Å². The largest absolute Gasteiger partial charge is 0.444 e. The van der Waals surface area contributed by atoms with Gasteiger partial charge in [-0.25, -0.2) is 24.7 Å². The minimum atomic E-state index is -0.489. The van der Waals surface area contributed by atoms with Gasteiger partial charge in [-0.3, -0.25) is 4.90 Å². The van der Waals surface area contributed by atoms with Crippen LogP contribution in [0.25, 0.3) is 22.3 Å². The molecule has 0 saturated carbocycles. The lowest BCUT2D eigenvalue weighted by molar-refractivity contribution is 0.0110. The summed E-state index contributed by atoms with van der Waals surface area (Å²) in [5.41, 5.74) is 4.23. The Labute approximate surface area is 234 Å². The first-order valence-corrected chi connectivity index (χ1v) is 13.5. The summed E-state index contributed by atoms with van der Waals surface area (Å²) >= 11 is 0. The lowest BCUT2D eigenvalue weighted by atomic mass is 10.1. The Morgan fingerprint density at radius 2 is 1.82 bits per heavy atom. The van der Waals surface area contributed by atoms with Gasteiger partial charge < -0.3 is 24.8 Å². The van der Waals surface area contributed by atoms with Gasteiger partial charge in [0.25, 0.3) is 0 Å². The van der Waals surface area contributed by atoms with Crippen LogP contribution in [0, 0.1) is 0 Å². The average molecular weight is 544 g/mol. The Hall–Kier alpha value is -4.25. The van der Waals surface area contributed by atoms with Crippen LogP contribution in [0.2, 0.25) is 0 Å². The Bertz CT molecular complexity index is 1490. The third-order valence-corrected chi connectivity index (χ3v) is 6.92.